The summed E-state index contributed by atoms with van der Waals surface area (Å²) in [6.07, 6.45) is -0.814. The van der Waals surface area contributed by atoms with Gasteiger partial charge in [-0.15, -0.1) is 0 Å². The normalized spacial score (nSPS) is 23.6. The third-order valence-electron chi connectivity index (χ3n) is 3.52. The van der Waals surface area contributed by atoms with E-state index < -0.39 is 12.0 Å². The number of alkyl halides is 2. The van der Waals surface area contributed by atoms with Crippen molar-refractivity contribution in [3.05, 3.63) is 35.9 Å². The Morgan fingerprint density at radius 3 is 2.22 bits per heavy atom. The minimum Gasteiger partial charge on any atom is -0.391 e. The molecule has 2 unspecified atom stereocenters. The molecule has 4 heteroatoms. The summed E-state index contributed by atoms with van der Waals surface area (Å²) >= 11 is 0. The number of hydrogen-bond acceptors (Lipinski definition) is 2. The Morgan fingerprint density at radius 2 is 1.72 bits per heavy atom. The van der Waals surface area contributed by atoms with Crippen LogP contribution in [0.25, 0.3) is 0 Å². The van der Waals surface area contributed by atoms with Gasteiger partial charge in [0, 0.05) is 25.9 Å². The lowest BCUT2D eigenvalue weighted by Crippen LogP contribution is -2.44. The summed E-state index contributed by atoms with van der Waals surface area (Å²) in [6.45, 7) is 2.37. The van der Waals surface area contributed by atoms with Crippen molar-refractivity contribution in [1.29, 1.82) is 0 Å². The van der Waals surface area contributed by atoms with E-state index >= 15 is 0 Å². The molecule has 1 N–H and O–H groups in total. The predicted molar refractivity (Wildman–Crippen MR) is 66.6 cm³/mol. The fourth-order valence-corrected chi connectivity index (χ4v) is 2.57. The summed E-state index contributed by atoms with van der Waals surface area (Å²) in [5.41, 5.74) is 0.984. The van der Waals surface area contributed by atoms with Crippen molar-refractivity contribution < 1.29 is 13.9 Å². The molecule has 1 saturated heterocycles. The molecule has 1 aliphatic heterocycles. The quantitative estimate of drug-likeness (QED) is 0.897. The number of rotatable bonds is 3. The number of likely N-dealkylation sites (tertiary alicyclic amines) is 1. The summed E-state index contributed by atoms with van der Waals surface area (Å²) in [6, 6.07) is 9.40. The summed E-state index contributed by atoms with van der Waals surface area (Å²) in [4.78, 5) is 1.96. The van der Waals surface area contributed by atoms with E-state index in [1.807, 2.05) is 35.2 Å². The third-order valence-corrected chi connectivity index (χ3v) is 3.52. The van der Waals surface area contributed by atoms with E-state index in [0.29, 0.717) is 13.1 Å². The Kier molecular flexibility index (Phi) is 3.97. The van der Waals surface area contributed by atoms with Gasteiger partial charge >= 0.3 is 0 Å². The van der Waals surface area contributed by atoms with Gasteiger partial charge in [-0.1, -0.05) is 30.3 Å². The summed E-state index contributed by atoms with van der Waals surface area (Å²) < 4.78 is 26.3. The van der Waals surface area contributed by atoms with Gasteiger partial charge < -0.3 is 5.11 Å². The molecular formula is C14H19F2NO. The highest BCUT2D eigenvalue weighted by molar-refractivity contribution is 5.20. The Bertz CT molecular complexity index is 371. The number of aliphatic hydroxyl groups is 1. The molecule has 0 spiro atoms. The lowest BCUT2D eigenvalue weighted by atomic mass is 9.97. The first kappa shape index (κ1) is 13.4. The number of hydrogen-bond donors (Lipinski definition) is 1. The van der Waals surface area contributed by atoms with Crippen LogP contribution in [0.1, 0.15) is 31.4 Å². The molecule has 2 atom stereocenters. The molecular weight excluding hydrogens is 236 g/mol. The Balaban J connectivity index is 2.13. The standard InChI is InChI=1S/C14H19F2NO/c1-11(18)13(12-5-3-2-4-6-12)17-9-7-14(15,16)8-10-17/h2-6,11,13,18H,7-10H2,1H3. The van der Waals surface area contributed by atoms with Gasteiger partial charge in [0.05, 0.1) is 12.1 Å². The summed E-state index contributed by atoms with van der Waals surface area (Å²) in [5.74, 6) is -2.55. The van der Waals surface area contributed by atoms with Crippen LogP contribution < -0.4 is 0 Å². The molecule has 1 aromatic carbocycles. The van der Waals surface area contributed by atoms with Crippen molar-refractivity contribution in [2.24, 2.45) is 0 Å². The van der Waals surface area contributed by atoms with Gasteiger partial charge in [-0.2, -0.15) is 0 Å². The smallest absolute Gasteiger partial charge is 0.250 e. The number of aliphatic hydroxyl groups excluding tert-OH is 1. The molecule has 1 aliphatic rings. The fraction of sp³-hybridized carbons (Fsp3) is 0.571. The first-order chi connectivity index (χ1) is 8.49. The molecule has 0 radical (unpaired) electrons. The predicted octanol–water partition coefficient (Wildman–Crippen LogP) is 2.84. The average molecular weight is 255 g/mol. The molecule has 1 fully saturated rings. The minimum atomic E-state index is -2.55. The van der Waals surface area contributed by atoms with E-state index in [9.17, 15) is 13.9 Å². The SMILES string of the molecule is CC(O)C(c1ccccc1)N1CCC(F)(F)CC1. The van der Waals surface area contributed by atoms with E-state index in [1.165, 1.54) is 0 Å². The molecule has 0 bridgehead atoms. The lowest BCUT2D eigenvalue weighted by molar-refractivity contribution is -0.0745. The van der Waals surface area contributed by atoms with Crippen LogP contribution in [0.4, 0.5) is 8.78 Å². The van der Waals surface area contributed by atoms with Crippen LogP contribution in [0.2, 0.25) is 0 Å². The van der Waals surface area contributed by atoms with Gasteiger partial charge in [-0.25, -0.2) is 8.78 Å². The second-order valence-electron chi connectivity index (χ2n) is 4.99. The number of benzene rings is 1. The van der Waals surface area contributed by atoms with Crippen LogP contribution in [0.5, 0.6) is 0 Å². The van der Waals surface area contributed by atoms with Crippen molar-refractivity contribution in [2.45, 2.75) is 37.8 Å². The molecule has 100 valence electrons. The Labute approximate surface area is 106 Å². The van der Waals surface area contributed by atoms with Gasteiger partial charge in [0.2, 0.25) is 0 Å². The zero-order valence-corrected chi connectivity index (χ0v) is 10.5. The fourth-order valence-electron chi connectivity index (χ4n) is 2.57. The highest BCUT2D eigenvalue weighted by atomic mass is 19.3. The molecule has 0 amide bonds. The van der Waals surface area contributed by atoms with E-state index in [-0.39, 0.29) is 18.9 Å². The van der Waals surface area contributed by atoms with Crippen molar-refractivity contribution >= 4 is 0 Å². The second-order valence-corrected chi connectivity index (χ2v) is 4.99. The minimum absolute atomic E-state index is 0.122. The zero-order chi connectivity index (χ0) is 13.2. The van der Waals surface area contributed by atoms with E-state index in [4.69, 9.17) is 0 Å². The zero-order valence-electron chi connectivity index (χ0n) is 10.5. The van der Waals surface area contributed by atoms with Crippen molar-refractivity contribution in [3.8, 4) is 0 Å². The van der Waals surface area contributed by atoms with Crippen LogP contribution in [0, 0.1) is 0 Å². The van der Waals surface area contributed by atoms with Gasteiger partial charge in [-0.05, 0) is 12.5 Å². The molecule has 0 aromatic heterocycles. The lowest BCUT2D eigenvalue weighted by Gasteiger charge is -2.39. The van der Waals surface area contributed by atoms with E-state index in [0.717, 1.165) is 5.56 Å². The van der Waals surface area contributed by atoms with Gasteiger partial charge in [0.25, 0.3) is 5.92 Å². The first-order valence-corrected chi connectivity index (χ1v) is 6.34. The van der Waals surface area contributed by atoms with E-state index in [2.05, 4.69) is 0 Å². The monoisotopic (exact) mass is 255 g/mol. The average Bonchev–Trinajstić information content (AvgIpc) is 2.33. The van der Waals surface area contributed by atoms with Gasteiger partial charge in [0.1, 0.15) is 0 Å². The van der Waals surface area contributed by atoms with Crippen LogP contribution in [0.15, 0.2) is 30.3 Å². The van der Waals surface area contributed by atoms with Crippen LogP contribution in [0.3, 0.4) is 0 Å². The van der Waals surface area contributed by atoms with Crippen LogP contribution in [-0.4, -0.2) is 35.1 Å². The third kappa shape index (κ3) is 3.06. The number of halogens is 2. The largest absolute Gasteiger partial charge is 0.391 e. The highest BCUT2D eigenvalue weighted by Crippen LogP contribution is 2.33. The molecule has 1 aromatic rings. The topological polar surface area (TPSA) is 23.5 Å². The van der Waals surface area contributed by atoms with E-state index in [1.54, 1.807) is 6.92 Å². The Hall–Kier alpha value is -1.00. The van der Waals surface area contributed by atoms with Gasteiger partial charge in [-0.3, -0.25) is 4.90 Å². The highest BCUT2D eigenvalue weighted by Gasteiger charge is 2.37. The summed E-state index contributed by atoms with van der Waals surface area (Å²) in [5, 5.41) is 9.92. The van der Waals surface area contributed by atoms with Crippen LogP contribution >= 0.6 is 0 Å². The first-order valence-electron chi connectivity index (χ1n) is 6.34. The molecule has 2 rings (SSSR count). The van der Waals surface area contributed by atoms with Crippen LogP contribution in [-0.2, 0) is 0 Å². The van der Waals surface area contributed by atoms with Crippen molar-refractivity contribution in [1.82, 2.24) is 4.90 Å². The van der Waals surface area contributed by atoms with Crippen molar-refractivity contribution in [3.63, 3.8) is 0 Å². The molecule has 0 aliphatic carbocycles. The molecule has 0 saturated carbocycles. The van der Waals surface area contributed by atoms with Gasteiger partial charge in [0.15, 0.2) is 0 Å². The summed E-state index contributed by atoms with van der Waals surface area (Å²) in [7, 11) is 0. The maximum Gasteiger partial charge on any atom is 0.250 e. The molecule has 2 nitrogen and oxygen atoms in total. The molecule has 1 heterocycles. The molecule has 18 heavy (non-hydrogen) atoms. The maximum absolute atomic E-state index is 13.2. The maximum atomic E-state index is 13.2. The Morgan fingerprint density at radius 1 is 1.17 bits per heavy atom. The second kappa shape index (κ2) is 5.33. The number of piperidine rings is 1. The number of nitrogens with zero attached hydrogens (tertiary/aromatic N) is 1. The van der Waals surface area contributed by atoms with Crippen molar-refractivity contribution in [2.75, 3.05) is 13.1 Å².